The fourth-order valence-electron chi connectivity index (χ4n) is 2.34. The van der Waals surface area contributed by atoms with Crippen LogP contribution < -0.4 is 14.8 Å². The molecule has 0 aromatic heterocycles. The number of nitrogens with zero attached hydrogens (tertiary/aromatic N) is 2. The van der Waals surface area contributed by atoms with Crippen molar-refractivity contribution >= 4 is 21.8 Å². The van der Waals surface area contributed by atoms with E-state index < -0.39 is 0 Å². The summed E-state index contributed by atoms with van der Waals surface area (Å²) in [5.41, 5.74) is 0.459. The van der Waals surface area contributed by atoms with E-state index in [0.717, 1.165) is 13.1 Å². The van der Waals surface area contributed by atoms with E-state index in [2.05, 4.69) is 53.0 Å². The number of hydrogen-bond donors (Lipinski definition) is 1. The van der Waals surface area contributed by atoms with Crippen LogP contribution in [-0.4, -0.2) is 49.7 Å². The molecule has 1 amide bonds. The van der Waals surface area contributed by atoms with Crippen LogP contribution in [0.3, 0.4) is 0 Å². The highest BCUT2D eigenvalue weighted by Gasteiger charge is 2.14. The van der Waals surface area contributed by atoms with Gasteiger partial charge in [-0.1, -0.05) is 6.92 Å². The molecule has 138 valence electrons. The van der Waals surface area contributed by atoms with Crippen molar-refractivity contribution < 1.29 is 14.3 Å². The van der Waals surface area contributed by atoms with Gasteiger partial charge >= 0.3 is 0 Å². The standard InChI is InChI=1S/C18H26BrN3O3/c1-5-22(13(3)4)8-7-21-17(23)12-25-18-15(19)9-14(11-20)10-16(18)24-6-2/h9-10,13H,5-8,12H2,1-4H3,(H,21,23). The summed E-state index contributed by atoms with van der Waals surface area (Å²) in [4.78, 5) is 14.3. The lowest BCUT2D eigenvalue weighted by molar-refractivity contribution is -0.123. The Balaban J connectivity index is 2.60. The Labute approximate surface area is 158 Å². The average Bonchev–Trinajstić information content (AvgIpc) is 2.57. The van der Waals surface area contributed by atoms with Gasteiger partial charge in [-0.15, -0.1) is 0 Å². The van der Waals surface area contributed by atoms with Crippen molar-refractivity contribution in [2.45, 2.75) is 33.7 Å². The summed E-state index contributed by atoms with van der Waals surface area (Å²) in [5, 5.41) is 11.9. The third kappa shape index (κ3) is 6.92. The van der Waals surface area contributed by atoms with E-state index in [1.54, 1.807) is 12.1 Å². The quantitative estimate of drug-likeness (QED) is 0.640. The summed E-state index contributed by atoms with van der Waals surface area (Å²) in [6.45, 7) is 10.8. The minimum absolute atomic E-state index is 0.113. The number of nitriles is 1. The van der Waals surface area contributed by atoms with E-state index in [-0.39, 0.29) is 12.5 Å². The van der Waals surface area contributed by atoms with Gasteiger partial charge in [0.1, 0.15) is 0 Å². The molecule has 6 nitrogen and oxygen atoms in total. The van der Waals surface area contributed by atoms with Crippen LogP contribution in [-0.2, 0) is 4.79 Å². The molecule has 1 aromatic carbocycles. The molecule has 0 aliphatic carbocycles. The van der Waals surface area contributed by atoms with Crippen LogP contribution in [0.25, 0.3) is 0 Å². The fraction of sp³-hybridized carbons (Fsp3) is 0.556. The normalized spacial score (nSPS) is 10.6. The number of benzene rings is 1. The van der Waals surface area contributed by atoms with E-state index in [9.17, 15) is 4.79 Å². The summed E-state index contributed by atoms with van der Waals surface area (Å²) < 4.78 is 11.7. The number of ether oxygens (including phenoxy) is 2. The minimum atomic E-state index is -0.196. The van der Waals surface area contributed by atoms with Gasteiger partial charge in [-0.2, -0.15) is 5.26 Å². The molecule has 0 fully saturated rings. The third-order valence-corrected chi connectivity index (χ3v) is 4.23. The Morgan fingerprint density at radius 1 is 1.36 bits per heavy atom. The summed E-state index contributed by atoms with van der Waals surface area (Å²) in [6, 6.07) is 5.74. The van der Waals surface area contributed by atoms with Gasteiger partial charge in [-0.25, -0.2) is 0 Å². The van der Waals surface area contributed by atoms with Gasteiger partial charge in [0, 0.05) is 25.2 Å². The molecule has 0 spiro atoms. The third-order valence-electron chi connectivity index (χ3n) is 3.64. The Hall–Kier alpha value is -1.78. The van der Waals surface area contributed by atoms with Crippen molar-refractivity contribution in [3.63, 3.8) is 0 Å². The second-order valence-electron chi connectivity index (χ2n) is 5.69. The summed E-state index contributed by atoms with van der Waals surface area (Å²) in [7, 11) is 0. The maximum absolute atomic E-state index is 12.0. The van der Waals surface area contributed by atoms with Crippen LogP contribution in [0.5, 0.6) is 11.5 Å². The summed E-state index contributed by atoms with van der Waals surface area (Å²) in [5.74, 6) is 0.671. The Morgan fingerprint density at radius 3 is 2.64 bits per heavy atom. The average molecular weight is 412 g/mol. The largest absolute Gasteiger partial charge is 0.490 e. The highest BCUT2D eigenvalue weighted by molar-refractivity contribution is 9.10. The molecule has 0 aliphatic heterocycles. The fourth-order valence-corrected chi connectivity index (χ4v) is 2.90. The minimum Gasteiger partial charge on any atom is -0.490 e. The maximum Gasteiger partial charge on any atom is 0.257 e. The number of likely N-dealkylation sites (N-methyl/N-ethyl adjacent to an activating group) is 1. The van der Waals surface area contributed by atoms with Crippen LogP contribution in [0.1, 0.15) is 33.3 Å². The number of carbonyl (C=O) groups is 1. The first-order chi connectivity index (χ1) is 11.9. The number of halogens is 1. The van der Waals surface area contributed by atoms with Crippen molar-refractivity contribution in [3.05, 3.63) is 22.2 Å². The van der Waals surface area contributed by atoms with Crippen molar-refractivity contribution in [1.29, 1.82) is 5.26 Å². The molecule has 1 aromatic rings. The number of hydrogen-bond acceptors (Lipinski definition) is 5. The van der Waals surface area contributed by atoms with Crippen molar-refractivity contribution in [2.75, 3.05) is 32.8 Å². The molecular formula is C18H26BrN3O3. The lowest BCUT2D eigenvalue weighted by Gasteiger charge is -2.24. The van der Waals surface area contributed by atoms with Gasteiger partial charge in [-0.05, 0) is 49.3 Å². The molecule has 0 saturated heterocycles. The second kappa shape index (κ2) is 11.0. The number of amides is 1. The zero-order chi connectivity index (χ0) is 18.8. The smallest absolute Gasteiger partial charge is 0.257 e. The lowest BCUT2D eigenvalue weighted by Crippen LogP contribution is -2.39. The molecule has 0 aliphatic rings. The van der Waals surface area contributed by atoms with Crippen LogP contribution in [0.4, 0.5) is 0 Å². The predicted molar refractivity (Wildman–Crippen MR) is 101 cm³/mol. The van der Waals surface area contributed by atoms with Crippen LogP contribution in [0, 0.1) is 11.3 Å². The topological polar surface area (TPSA) is 74.6 Å². The highest BCUT2D eigenvalue weighted by Crippen LogP contribution is 2.36. The Morgan fingerprint density at radius 2 is 2.08 bits per heavy atom. The van der Waals surface area contributed by atoms with E-state index >= 15 is 0 Å². The maximum atomic E-state index is 12.0. The molecular weight excluding hydrogens is 386 g/mol. The first kappa shape index (κ1) is 21.3. The van der Waals surface area contributed by atoms with Gasteiger partial charge < -0.3 is 14.8 Å². The molecule has 0 saturated carbocycles. The number of nitrogens with one attached hydrogen (secondary N) is 1. The molecule has 0 atom stereocenters. The van der Waals surface area contributed by atoms with Crippen molar-refractivity contribution in [3.8, 4) is 17.6 Å². The second-order valence-corrected chi connectivity index (χ2v) is 6.55. The van der Waals surface area contributed by atoms with Gasteiger partial charge in [0.05, 0.1) is 22.7 Å². The molecule has 0 unspecified atom stereocenters. The first-order valence-electron chi connectivity index (χ1n) is 8.42. The number of rotatable bonds is 10. The van der Waals surface area contributed by atoms with Gasteiger partial charge in [-0.3, -0.25) is 9.69 Å². The van der Waals surface area contributed by atoms with Crippen LogP contribution in [0.2, 0.25) is 0 Å². The van der Waals surface area contributed by atoms with E-state index in [1.165, 1.54) is 0 Å². The van der Waals surface area contributed by atoms with Crippen molar-refractivity contribution in [2.24, 2.45) is 0 Å². The number of carbonyl (C=O) groups excluding carboxylic acids is 1. The monoisotopic (exact) mass is 411 g/mol. The van der Waals surface area contributed by atoms with Gasteiger partial charge in [0.15, 0.2) is 18.1 Å². The molecule has 7 heteroatoms. The zero-order valence-corrected chi connectivity index (χ0v) is 16.9. The SMILES string of the molecule is CCOc1cc(C#N)cc(Br)c1OCC(=O)NCCN(CC)C(C)C. The van der Waals surface area contributed by atoms with Crippen molar-refractivity contribution in [1.82, 2.24) is 10.2 Å². The zero-order valence-electron chi connectivity index (χ0n) is 15.3. The molecule has 0 heterocycles. The Bertz CT molecular complexity index is 614. The van der Waals surface area contributed by atoms with E-state index in [0.29, 0.717) is 40.7 Å². The van der Waals surface area contributed by atoms with Crippen LogP contribution in [0.15, 0.2) is 16.6 Å². The highest BCUT2D eigenvalue weighted by atomic mass is 79.9. The molecule has 1 N–H and O–H groups in total. The Kier molecular flexibility index (Phi) is 9.32. The van der Waals surface area contributed by atoms with Crippen LogP contribution >= 0.6 is 15.9 Å². The summed E-state index contributed by atoms with van der Waals surface area (Å²) in [6.07, 6.45) is 0. The first-order valence-corrected chi connectivity index (χ1v) is 9.22. The summed E-state index contributed by atoms with van der Waals surface area (Å²) >= 11 is 3.36. The molecule has 1 rings (SSSR count). The molecule has 0 bridgehead atoms. The van der Waals surface area contributed by atoms with Gasteiger partial charge in [0.25, 0.3) is 5.91 Å². The molecule has 0 radical (unpaired) electrons. The predicted octanol–water partition coefficient (Wildman–Crippen LogP) is 2.94. The van der Waals surface area contributed by atoms with E-state index in [4.69, 9.17) is 14.7 Å². The van der Waals surface area contributed by atoms with Gasteiger partial charge in [0.2, 0.25) is 0 Å². The molecule has 25 heavy (non-hydrogen) atoms. The van der Waals surface area contributed by atoms with E-state index in [1.807, 2.05) is 6.92 Å². The lowest BCUT2D eigenvalue weighted by atomic mass is 10.2.